The van der Waals surface area contributed by atoms with Crippen LogP contribution in [0.25, 0.3) is 0 Å². The van der Waals surface area contributed by atoms with E-state index in [1.807, 2.05) is 24.3 Å². The van der Waals surface area contributed by atoms with Gasteiger partial charge in [0.15, 0.2) is 6.61 Å². The van der Waals surface area contributed by atoms with Gasteiger partial charge in [0.05, 0.1) is 7.11 Å². The van der Waals surface area contributed by atoms with E-state index in [9.17, 15) is 14.4 Å². The first-order valence-electron chi connectivity index (χ1n) is 8.70. The Hall–Kier alpha value is -2.57. The molecule has 144 valence electrons. The first kappa shape index (κ1) is 21.5. The Morgan fingerprint density at radius 1 is 1.12 bits per heavy atom. The molecule has 1 rings (SSSR count). The maximum atomic E-state index is 12.1. The Morgan fingerprint density at radius 2 is 1.85 bits per heavy atom. The molecule has 26 heavy (non-hydrogen) atoms. The number of carbonyl (C=O) groups is 3. The van der Waals surface area contributed by atoms with Crippen LogP contribution in [0, 0.1) is 0 Å². The molecule has 0 spiro atoms. The van der Waals surface area contributed by atoms with Crippen molar-refractivity contribution in [2.45, 2.75) is 39.2 Å². The Labute approximate surface area is 154 Å². The van der Waals surface area contributed by atoms with Crippen molar-refractivity contribution in [1.82, 2.24) is 10.2 Å². The first-order chi connectivity index (χ1) is 12.4. The minimum absolute atomic E-state index is 0.0554. The normalized spacial score (nSPS) is 10.1. The number of esters is 1. The summed E-state index contributed by atoms with van der Waals surface area (Å²) in [4.78, 5) is 36.0. The molecule has 0 bridgehead atoms. The van der Waals surface area contributed by atoms with Crippen LogP contribution >= 0.6 is 0 Å². The van der Waals surface area contributed by atoms with Crippen molar-refractivity contribution in [3.8, 4) is 5.75 Å². The molecule has 0 heterocycles. The number of hydrogen-bond donors (Lipinski definition) is 1. The molecule has 0 radical (unpaired) electrons. The lowest BCUT2D eigenvalue weighted by Gasteiger charge is -2.18. The van der Waals surface area contributed by atoms with Gasteiger partial charge in [0.1, 0.15) is 5.75 Å². The fourth-order valence-electron chi connectivity index (χ4n) is 2.34. The van der Waals surface area contributed by atoms with Gasteiger partial charge in [-0.25, -0.2) is 0 Å². The lowest BCUT2D eigenvalue weighted by atomic mass is 10.2. The quantitative estimate of drug-likeness (QED) is 0.479. The van der Waals surface area contributed by atoms with E-state index >= 15 is 0 Å². The van der Waals surface area contributed by atoms with Crippen LogP contribution in [-0.4, -0.2) is 50.0 Å². The second-order valence-electron chi connectivity index (χ2n) is 6.02. The number of rotatable bonds is 11. The molecule has 0 aliphatic carbocycles. The van der Waals surface area contributed by atoms with Gasteiger partial charge in [-0.1, -0.05) is 24.6 Å². The third-order valence-corrected chi connectivity index (χ3v) is 3.81. The monoisotopic (exact) mass is 364 g/mol. The summed E-state index contributed by atoms with van der Waals surface area (Å²) < 4.78 is 10.3. The van der Waals surface area contributed by atoms with Crippen molar-refractivity contribution >= 4 is 17.8 Å². The number of ether oxygens (including phenoxy) is 2. The fourth-order valence-corrected chi connectivity index (χ4v) is 2.34. The van der Waals surface area contributed by atoms with Crippen LogP contribution in [0.3, 0.4) is 0 Å². The van der Waals surface area contributed by atoms with Crippen molar-refractivity contribution in [3.63, 3.8) is 0 Å². The molecule has 1 N–H and O–H groups in total. The Bertz CT molecular complexity index is 603. The van der Waals surface area contributed by atoms with E-state index in [-0.39, 0.29) is 30.8 Å². The van der Waals surface area contributed by atoms with Crippen LogP contribution in [-0.2, 0) is 25.7 Å². The standard InChI is InChI=1S/C19H28N2O5/c1-15(22)20-12-8-4-5-11-19(24)26-14-18(23)21(2)13-16-9-6-7-10-17(16)25-3/h6-7,9-10H,4-5,8,11-14H2,1-3H3,(H,20,22). The van der Waals surface area contributed by atoms with Crippen molar-refractivity contribution in [2.75, 3.05) is 27.3 Å². The SMILES string of the molecule is COc1ccccc1CN(C)C(=O)COC(=O)CCCCCNC(C)=O. The lowest BCUT2D eigenvalue weighted by Crippen LogP contribution is -2.31. The molecular formula is C19H28N2O5. The lowest BCUT2D eigenvalue weighted by molar-refractivity contribution is -0.151. The number of unbranched alkanes of at least 4 members (excludes halogenated alkanes) is 2. The Balaban J connectivity index is 2.23. The van der Waals surface area contributed by atoms with E-state index in [0.29, 0.717) is 25.3 Å². The molecule has 0 fully saturated rings. The first-order valence-corrected chi connectivity index (χ1v) is 8.70. The maximum absolute atomic E-state index is 12.1. The summed E-state index contributed by atoms with van der Waals surface area (Å²) in [5.41, 5.74) is 0.886. The number of carbonyl (C=O) groups excluding carboxylic acids is 3. The molecule has 1 aromatic carbocycles. The van der Waals surface area contributed by atoms with E-state index in [0.717, 1.165) is 18.4 Å². The summed E-state index contributed by atoms with van der Waals surface area (Å²) in [7, 11) is 3.24. The second kappa shape index (κ2) is 11.9. The van der Waals surface area contributed by atoms with Gasteiger partial charge in [-0.05, 0) is 18.9 Å². The summed E-state index contributed by atoms with van der Waals surface area (Å²) in [6.45, 7) is 2.19. The number of likely N-dealkylation sites (N-methyl/N-ethyl adjacent to an activating group) is 1. The molecule has 7 heteroatoms. The summed E-state index contributed by atoms with van der Waals surface area (Å²) in [6.07, 6.45) is 2.57. The van der Waals surface area contributed by atoms with Gasteiger partial charge in [0.2, 0.25) is 5.91 Å². The molecule has 1 aromatic rings. The van der Waals surface area contributed by atoms with Crippen LogP contribution < -0.4 is 10.1 Å². The number of para-hydroxylation sites is 1. The van der Waals surface area contributed by atoms with E-state index in [1.54, 1.807) is 14.2 Å². The topological polar surface area (TPSA) is 84.9 Å². The van der Waals surface area contributed by atoms with Crippen LogP contribution in [0.15, 0.2) is 24.3 Å². The molecule has 0 aliphatic heterocycles. The predicted molar refractivity (Wildman–Crippen MR) is 97.6 cm³/mol. The summed E-state index contributed by atoms with van der Waals surface area (Å²) in [6, 6.07) is 7.46. The molecule has 0 saturated heterocycles. The van der Waals surface area contributed by atoms with Crippen molar-refractivity contribution in [1.29, 1.82) is 0 Å². The van der Waals surface area contributed by atoms with Crippen LogP contribution in [0.4, 0.5) is 0 Å². The number of benzene rings is 1. The minimum atomic E-state index is -0.386. The van der Waals surface area contributed by atoms with Crippen molar-refractivity contribution in [2.24, 2.45) is 0 Å². The Kier molecular flexibility index (Phi) is 9.82. The Morgan fingerprint density at radius 3 is 2.54 bits per heavy atom. The number of nitrogens with one attached hydrogen (secondary N) is 1. The van der Waals surface area contributed by atoms with E-state index < -0.39 is 0 Å². The summed E-state index contributed by atoms with van der Waals surface area (Å²) in [5.74, 6) is 0.00190. The highest BCUT2D eigenvalue weighted by Gasteiger charge is 2.14. The van der Waals surface area contributed by atoms with Crippen LogP contribution in [0.1, 0.15) is 38.2 Å². The van der Waals surface area contributed by atoms with Gasteiger partial charge in [0.25, 0.3) is 5.91 Å². The number of hydrogen-bond acceptors (Lipinski definition) is 5. The highest BCUT2D eigenvalue weighted by Crippen LogP contribution is 2.18. The molecular weight excluding hydrogens is 336 g/mol. The predicted octanol–water partition coefficient (Wildman–Crippen LogP) is 1.89. The second-order valence-corrected chi connectivity index (χ2v) is 6.02. The number of methoxy groups -OCH3 is 1. The van der Waals surface area contributed by atoms with E-state index in [1.165, 1.54) is 11.8 Å². The van der Waals surface area contributed by atoms with Crippen molar-refractivity contribution in [3.05, 3.63) is 29.8 Å². The fraction of sp³-hybridized carbons (Fsp3) is 0.526. The average molecular weight is 364 g/mol. The third kappa shape index (κ3) is 8.50. The van der Waals surface area contributed by atoms with Crippen molar-refractivity contribution < 1.29 is 23.9 Å². The van der Waals surface area contributed by atoms with E-state index in [4.69, 9.17) is 9.47 Å². The van der Waals surface area contributed by atoms with Gasteiger partial charge in [0, 0.05) is 39.0 Å². The van der Waals surface area contributed by atoms with Crippen LogP contribution in [0.5, 0.6) is 5.75 Å². The largest absolute Gasteiger partial charge is 0.496 e. The van der Waals surface area contributed by atoms with Gasteiger partial charge in [-0.2, -0.15) is 0 Å². The molecule has 0 aromatic heterocycles. The molecule has 0 aliphatic rings. The van der Waals surface area contributed by atoms with Gasteiger partial charge < -0.3 is 19.7 Å². The maximum Gasteiger partial charge on any atom is 0.306 e. The van der Waals surface area contributed by atoms with Gasteiger partial charge in [-0.3, -0.25) is 14.4 Å². The molecule has 2 amide bonds. The van der Waals surface area contributed by atoms with Crippen LogP contribution in [0.2, 0.25) is 0 Å². The molecule has 0 unspecified atom stereocenters. The van der Waals surface area contributed by atoms with E-state index in [2.05, 4.69) is 5.32 Å². The molecule has 0 saturated carbocycles. The van der Waals surface area contributed by atoms with Gasteiger partial charge in [-0.15, -0.1) is 0 Å². The average Bonchev–Trinajstić information content (AvgIpc) is 2.62. The zero-order valence-electron chi connectivity index (χ0n) is 15.7. The highest BCUT2D eigenvalue weighted by molar-refractivity contribution is 5.80. The van der Waals surface area contributed by atoms with Gasteiger partial charge >= 0.3 is 5.97 Å². The molecule has 7 nitrogen and oxygen atoms in total. The minimum Gasteiger partial charge on any atom is -0.496 e. The summed E-state index contributed by atoms with van der Waals surface area (Å²) in [5, 5.41) is 2.70. The molecule has 0 atom stereocenters. The highest BCUT2D eigenvalue weighted by atomic mass is 16.5. The third-order valence-electron chi connectivity index (χ3n) is 3.81. The number of amides is 2. The zero-order chi connectivity index (χ0) is 19.4. The smallest absolute Gasteiger partial charge is 0.306 e. The number of nitrogens with zero attached hydrogens (tertiary/aromatic N) is 1. The summed E-state index contributed by atoms with van der Waals surface area (Å²) >= 11 is 0. The zero-order valence-corrected chi connectivity index (χ0v) is 15.7.